The van der Waals surface area contributed by atoms with E-state index in [9.17, 15) is 14.4 Å². The molecule has 0 atom stereocenters. The van der Waals surface area contributed by atoms with Crippen molar-refractivity contribution in [2.45, 2.75) is 32.9 Å². The molecule has 184 valence electrons. The number of carbonyl (C=O) groups excluding carboxylic acids is 3. The summed E-state index contributed by atoms with van der Waals surface area (Å²) in [5, 5.41) is 0.138. The lowest BCUT2D eigenvalue weighted by Crippen LogP contribution is -2.44. The molecule has 2 aromatic carbocycles. The summed E-state index contributed by atoms with van der Waals surface area (Å²) in [5.74, 6) is -2.07. The normalized spacial score (nSPS) is 16.5. The largest absolute Gasteiger partial charge is 0.302 e. The van der Waals surface area contributed by atoms with Crippen LogP contribution in [0.2, 0.25) is 0 Å². The van der Waals surface area contributed by atoms with Gasteiger partial charge in [-0.1, -0.05) is 18.2 Å². The van der Waals surface area contributed by atoms with E-state index in [0.29, 0.717) is 16.9 Å². The summed E-state index contributed by atoms with van der Waals surface area (Å²) in [5.41, 5.74) is 1.23. The number of hydrogen-bond acceptors (Lipinski definition) is 5. The Morgan fingerprint density at radius 1 is 1.03 bits per heavy atom. The number of rotatable bonds is 4. The number of anilines is 2. The average molecular weight is 514 g/mol. The maximum atomic E-state index is 15.3. The van der Waals surface area contributed by atoms with Gasteiger partial charge >= 0.3 is 0 Å². The Hall–Kier alpha value is -4.49. The first-order valence-electron chi connectivity index (χ1n) is 11.3. The molecule has 37 heavy (non-hydrogen) atoms. The topological polar surface area (TPSA) is 78.2 Å². The molecular formula is C27H20FN5O3S. The van der Waals surface area contributed by atoms with Crippen LogP contribution in [0.1, 0.15) is 45.8 Å². The van der Waals surface area contributed by atoms with Crippen molar-refractivity contribution in [3.8, 4) is 0 Å². The number of thiocarbonyl (C=S) groups is 1. The Kier molecular flexibility index (Phi) is 5.61. The molecule has 0 saturated carbocycles. The number of amides is 3. The van der Waals surface area contributed by atoms with E-state index in [0.717, 1.165) is 4.90 Å². The molecule has 10 heteroatoms. The molecule has 2 aliphatic heterocycles. The third-order valence-corrected chi connectivity index (χ3v) is 6.94. The van der Waals surface area contributed by atoms with Crippen molar-refractivity contribution >= 4 is 52.1 Å². The molecule has 2 aliphatic rings. The minimum absolute atomic E-state index is 0.0882. The van der Waals surface area contributed by atoms with E-state index in [1.54, 1.807) is 63.2 Å². The SMILES string of the molecule is [C-]#[N+]c1ccc(N2C(=O)C(C)(C)N(c3cnc(CN4C(=O)c5ccccc5C4=O)c(F)c3)C2=S)cc1C. The molecule has 1 saturated heterocycles. The van der Waals surface area contributed by atoms with E-state index < -0.39 is 23.2 Å². The van der Waals surface area contributed by atoms with Crippen LogP contribution in [-0.2, 0) is 11.3 Å². The predicted molar refractivity (Wildman–Crippen MR) is 139 cm³/mol. The number of aryl methyl sites for hydroxylation is 1. The van der Waals surface area contributed by atoms with Crippen LogP contribution in [0.5, 0.6) is 0 Å². The molecule has 3 heterocycles. The lowest BCUT2D eigenvalue weighted by Gasteiger charge is -2.29. The highest BCUT2D eigenvalue weighted by Crippen LogP contribution is 2.38. The Labute approximate surface area is 217 Å². The maximum Gasteiger partial charge on any atom is 0.261 e. The van der Waals surface area contributed by atoms with Gasteiger partial charge in [0, 0.05) is 11.8 Å². The van der Waals surface area contributed by atoms with Crippen LogP contribution in [-0.4, -0.2) is 38.3 Å². The smallest absolute Gasteiger partial charge is 0.261 e. The monoisotopic (exact) mass is 513 g/mol. The highest BCUT2D eigenvalue weighted by molar-refractivity contribution is 7.81. The molecule has 5 rings (SSSR count). The van der Waals surface area contributed by atoms with Gasteiger partial charge in [-0.05, 0) is 62.8 Å². The number of carbonyl (C=O) groups is 3. The van der Waals surface area contributed by atoms with Gasteiger partial charge in [-0.2, -0.15) is 0 Å². The van der Waals surface area contributed by atoms with Crippen molar-refractivity contribution in [1.82, 2.24) is 9.88 Å². The van der Waals surface area contributed by atoms with E-state index in [2.05, 4.69) is 9.83 Å². The summed E-state index contributed by atoms with van der Waals surface area (Å²) < 4.78 is 15.3. The van der Waals surface area contributed by atoms with Crippen LogP contribution in [0.3, 0.4) is 0 Å². The van der Waals surface area contributed by atoms with Gasteiger partial charge in [0.15, 0.2) is 10.8 Å². The second-order valence-corrected chi connectivity index (χ2v) is 9.63. The van der Waals surface area contributed by atoms with Crippen molar-refractivity contribution in [3.63, 3.8) is 0 Å². The van der Waals surface area contributed by atoms with Gasteiger partial charge in [0.2, 0.25) is 0 Å². The van der Waals surface area contributed by atoms with Gasteiger partial charge in [0.05, 0.1) is 41.8 Å². The van der Waals surface area contributed by atoms with Crippen molar-refractivity contribution in [2.24, 2.45) is 0 Å². The summed E-state index contributed by atoms with van der Waals surface area (Å²) >= 11 is 5.64. The first-order chi connectivity index (χ1) is 17.6. The summed E-state index contributed by atoms with van der Waals surface area (Å²) in [6.07, 6.45) is 1.37. The number of imide groups is 1. The van der Waals surface area contributed by atoms with Crippen LogP contribution < -0.4 is 9.80 Å². The second kappa shape index (κ2) is 8.57. The van der Waals surface area contributed by atoms with E-state index in [4.69, 9.17) is 18.8 Å². The molecular weight excluding hydrogens is 493 g/mol. The van der Waals surface area contributed by atoms with Gasteiger partial charge in [-0.3, -0.25) is 29.2 Å². The Morgan fingerprint density at radius 3 is 2.24 bits per heavy atom. The first-order valence-corrected chi connectivity index (χ1v) is 11.7. The maximum absolute atomic E-state index is 15.3. The van der Waals surface area contributed by atoms with Crippen molar-refractivity contribution in [1.29, 1.82) is 0 Å². The number of hydrogen-bond donors (Lipinski definition) is 0. The third kappa shape index (κ3) is 3.67. The minimum atomic E-state index is -1.15. The lowest BCUT2D eigenvalue weighted by atomic mass is 10.0. The lowest BCUT2D eigenvalue weighted by molar-refractivity contribution is -0.120. The van der Waals surface area contributed by atoms with Crippen LogP contribution in [0.4, 0.5) is 21.5 Å². The van der Waals surface area contributed by atoms with Crippen LogP contribution in [0, 0.1) is 19.3 Å². The van der Waals surface area contributed by atoms with E-state index in [1.807, 2.05) is 0 Å². The second-order valence-electron chi connectivity index (χ2n) is 9.26. The van der Waals surface area contributed by atoms with Crippen LogP contribution in [0.15, 0.2) is 54.7 Å². The standard InChI is InChI=1S/C27H20FN5O3S/c1-15-11-16(9-10-21(15)29-4)32-25(36)27(2,3)33(26(32)37)17-12-20(28)22(30-13-17)14-31-23(34)18-7-5-6-8-19(18)24(31)35/h5-13H,14H2,1-3H3. The molecule has 3 amide bonds. The zero-order valence-corrected chi connectivity index (χ0v) is 21.0. The molecule has 1 aromatic heterocycles. The Balaban J connectivity index is 1.44. The molecule has 3 aromatic rings. The fourth-order valence-corrected chi connectivity index (χ4v) is 5.11. The molecule has 0 aliphatic carbocycles. The van der Waals surface area contributed by atoms with Crippen LogP contribution in [0.25, 0.3) is 4.85 Å². The van der Waals surface area contributed by atoms with Crippen molar-refractivity contribution < 1.29 is 18.8 Å². The molecule has 0 unspecified atom stereocenters. The van der Waals surface area contributed by atoms with Crippen molar-refractivity contribution in [3.05, 3.63) is 94.3 Å². The highest BCUT2D eigenvalue weighted by Gasteiger charge is 2.50. The number of aromatic nitrogens is 1. The van der Waals surface area contributed by atoms with Gasteiger partial charge in [0.25, 0.3) is 17.7 Å². The summed E-state index contributed by atoms with van der Waals surface area (Å²) in [6.45, 7) is 12.0. The summed E-state index contributed by atoms with van der Waals surface area (Å²) in [7, 11) is 0. The van der Waals surface area contributed by atoms with E-state index in [1.165, 1.54) is 22.1 Å². The number of benzene rings is 2. The molecule has 0 spiro atoms. The molecule has 0 radical (unpaired) electrons. The first kappa shape index (κ1) is 24.2. The molecule has 0 bridgehead atoms. The fourth-order valence-electron chi connectivity index (χ4n) is 4.59. The predicted octanol–water partition coefficient (Wildman–Crippen LogP) is 4.79. The Morgan fingerprint density at radius 2 is 1.68 bits per heavy atom. The molecule has 8 nitrogen and oxygen atoms in total. The number of pyridine rings is 1. The third-order valence-electron chi connectivity index (χ3n) is 6.57. The highest BCUT2D eigenvalue weighted by atomic mass is 32.1. The zero-order valence-electron chi connectivity index (χ0n) is 20.2. The van der Waals surface area contributed by atoms with Gasteiger partial charge in [0.1, 0.15) is 11.4 Å². The van der Waals surface area contributed by atoms with E-state index >= 15 is 4.39 Å². The summed E-state index contributed by atoms with van der Waals surface area (Å²) in [6, 6.07) is 12.6. The quantitative estimate of drug-likeness (QED) is 0.284. The zero-order chi connectivity index (χ0) is 26.6. The number of halogens is 1. The van der Waals surface area contributed by atoms with Crippen molar-refractivity contribution in [2.75, 3.05) is 9.80 Å². The average Bonchev–Trinajstić information content (AvgIpc) is 3.21. The van der Waals surface area contributed by atoms with Gasteiger partial charge in [-0.25, -0.2) is 9.24 Å². The molecule has 0 N–H and O–H groups in total. The van der Waals surface area contributed by atoms with E-state index in [-0.39, 0.29) is 40.1 Å². The number of fused-ring (bicyclic) bond motifs is 1. The Bertz CT molecular complexity index is 1540. The summed E-state index contributed by atoms with van der Waals surface area (Å²) in [4.78, 5) is 50.2. The fraction of sp³-hybridized carbons (Fsp3) is 0.185. The molecule has 1 fully saturated rings. The van der Waals surface area contributed by atoms with Gasteiger partial charge < -0.3 is 4.90 Å². The number of nitrogens with zero attached hydrogens (tertiary/aromatic N) is 5. The minimum Gasteiger partial charge on any atom is -0.302 e. The van der Waals surface area contributed by atoms with Crippen LogP contribution >= 0.6 is 12.2 Å². The van der Waals surface area contributed by atoms with Gasteiger partial charge in [-0.15, -0.1) is 0 Å².